The van der Waals surface area contributed by atoms with Crippen LogP contribution in [0.25, 0.3) is 15.5 Å². The third-order valence-corrected chi connectivity index (χ3v) is 6.73. The summed E-state index contributed by atoms with van der Waals surface area (Å²) in [5, 5.41) is 5.13. The summed E-state index contributed by atoms with van der Waals surface area (Å²) in [6.45, 7) is 2.95. The number of carbonyl (C=O) groups is 1. The van der Waals surface area contributed by atoms with Crippen molar-refractivity contribution in [1.82, 2.24) is 24.4 Å². The summed E-state index contributed by atoms with van der Waals surface area (Å²) in [5.74, 6) is 0.286. The number of nitrogens with zero attached hydrogens (tertiary/aromatic N) is 5. The number of amides is 1. The minimum atomic E-state index is -0.362. The minimum absolute atomic E-state index is 0.104. The molecule has 1 aliphatic rings. The van der Waals surface area contributed by atoms with Gasteiger partial charge in [-0.1, -0.05) is 11.3 Å². The maximum absolute atomic E-state index is 13.1. The van der Waals surface area contributed by atoms with Crippen LogP contribution in [-0.4, -0.2) is 63.6 Å². The van der Waals surface area contributed by atoms with Crippen molar-refractivity contribution >= 4 is 22.2 Å². The predicted molar refractivity (Wildman–Crippen MR) is 127 cm³/mol. The molecule has 0 N–H and O–H groups in total. The number of halogens is 1. The molecule has 8 nitrogen and oxygen atoms in total. The van der Waals surface area contributed by atoms with E-state index in [1.807, 2.05) is 24.3 Å². The van der Waals surface area contributed by atoms with E-state index in [9.17, 15) is 14.0 Å². The van der Waals surface area contributed by atoms with Crippen LogP contribution >= 0.6 is 11.3 Å². The van der Waals surface area contributed by atoms with Gasteiger partial charge in [0.1, 0.15) is 16.6 Å². The van der Waals surface area contributed by atoms with Gasteiger partial charge in [-0.2, -0.15) is 9.61 Å². The molecule has 0 bridgehead atoms. The average molecular weight is 480 g/mol. The second-order valence-corrected chi connectivity index (χ2v) is 8.95. The van der Waals surface area contributed by atoms with E-state index in [1.54, 1.807) is 12.0 Å². The van der Waals surface area contributed by atoms with Crippen LogP contribution in [0.2, 0.25) is 0 Å². The lowest BCUT2D eigenvalue weighted by Crippen LogP contribution is -2.48. The summed E-state index contributed by atoms with van der Waals surface area (Å²) in [4.78, 5) is 34.4. The van der Waals surface area contributed by atoms with Crippen molar-refractivity contribution in [2.24, 2.45) is 0 Å². The molecule has 3 heterocycles. The molecular weight excluding hydrogens is 457 g/mol. The van der Waals surface area contributed by atoms with Gasteiger partial charge in [0.05, 0.1) is 12.8 Å². The van der Waals surface area contributed by atoms with Crippen LogP contribution in [0.3, 0.4) is 0 Å². The Balaban J connectivity index is 1.26. The maximum atomic E-state index is 13.1. The maximum Gasteiger partial charge on any atom is 0.275 e. The van der Waals surface area contributed by atoms with Crippen LogP contribution in [0.1, 0.15) is 16.1 Å². The van der Waals surface area contributed by atoms with Crippen molar-refractivity contribution in [2.75, 3.05) is 33.3 Å². The zero-order chi connectivity index (χ0) is 23.7. The van der Waals surface area contributed by atoms with Gasteiger partial charge in [0, 0.05) is 49.9 Å². The summed E-state index contributed by atoms with van der Waals surface area (Å²) in [6, 6.07) is 14.6. The van der Waals surface area contributed by atoms with Crippen LogP contribution in [0.5, 0.6) is 5.75 Å². The van der Waals surface area contributed by atoms with Crippen molar-refractivity contribution in [2.45, 2.75) is 6.54 Å². The van der Waals surface area contributed by atoms with Crippen molar-refractivity contribution in [1.29, 1.82) is 0 Å². The summed E-state index contributed by atoms with van der Waals surface area (Å²) < 4.78 is 19.6. The summed E-state index contributed by atoms with van der Waals surface area (Å²) in [7, 11) is 1.61. The van der Waals surface area contributed by atoms with Gasteiger partial charge in [-0.05, 0) is 48.5 Å². The second-order valence-electron chi connectivity index (χ2n) is 7.99. The number of fused-ring (bicyclic) bond motifs is 1. The van der Waals surface area contributed by atoms with Crippen LogP contribution < -0.4 is 10.3 Å². The SMILES string of the molecule is COc1ccc(-c2nn3c(=O)cc(CN4CCN(C(=O)c5ccc(F)cc5)CC4)nc3s2)cc1. The molecule has 0 atom stereocenters. The van der Waals surface area contributed by atoms with E-state index in [2.05, 4.69) is 15.0 Å². The summed E-state index contributed by atoms with van der Waals surface area (Å²) in [5.41, 5.74) is 1.82. The Hall–Kier alpha value is -3.63. The van der Waals surface area contributed by atoms with Gasteiger partial charge in [-0.3, -0.25) is 14.5 Å². The molecule has 1 amide bonds. The number of hydrogen-bond donors (Lipinski definition) is 0. The fraction of sp³-hybridized carbons (Fsp3) is 0.250. The molecule has 2 aromatic heterocycles. The van der Waals surface area contributed by atoms with E-state index in [0.29, 0.717) is 53.9 Å². The lowest BCUT2D eigenvalue weighted by Gasteiger charge is -2.34. The highest BCUT2D eigenvalue weighted by molar-refractivity contribution is 7.19. The second kappa shape index (κ2) is 9.32. The molecule has 174 valence electrons. The first kappa shape index (κ1) is 22.2. The molecule has 1 saturated heterocycles. The molecule has 0 saturated carbocycles. The smallest absolute Gasteiger partial charge is 0.275 e. The molecule has 1 aliphatic heterocycles. The zero-order valence-corrected chi connectivity index (χ0v) is 19.3. The van der Waals surface area contributed by atoms with Crippen molar-refractivity contribution in [3.8, 4) is 16.3 Å². The van der Waals surface area contributed by atoms with Gasteiger partial charge in [0.15, 0.2) is 0 Å². The Morgan fingerprint density at radius 2 is 1.76 bits per heavy atom. The first-order chi connectivity index (χ1) is 16.5. The molecule has 5 rings (SSSR count). The standard InChI is InChI=1S/C24H22FN5O3S/c1-33-20-8-4-16(5-9-20)22-27-30-21(31)14-19(26-24(30)34-22)15-28-10-12-29(13-11-28)23(32)17-2-6-18(25)7-3-17/h2-9,14H,10-13,15H2,1H3. The molecular formula is C24H22FN5O3S. The van der Waals surface area contributed by atoms with Gasteiger partial charge in [-0.25, -0.2) is 9.37 Å². The first-order valence-electron chi connectivity index (χ1n) is 10.8. The molecule has 0 unspecified atom stereocenters. The van der Waals surface area contributed by atoms with Gasteiger partial charge in [0.25, 0.3) is 11.5 Å². The molecule has 1 fully saturated rings. The van der Waals surface area contributed by atoms with Gasteiger partial charge in [-0.15, -0.1) is 0 Å². The van der Waals surface area contributed by atoms with Gasteiger partial charge in [0.2, 0.25) is 4.96 Å². The topological polar surface area (TPSA) is 80.0 Å². The van der Waals surface area contributed by atoms with Crippen molar-refractivity contribution in [3.63, 3.8) is 0 Å². The third-order valence-electron chi connectivity index (χ3n) is 5.77. The van der Waals surface area contributed by atoms with Crippen molar-refractivity contribution in [3.05, 3.63) is 82.0 Å². The van der Waals surface area contributed by atoms with E-state index in [0.717, 1.165) is 11.3 Å². The number of methoxy groups -OCH3 is 1. The van der Waals surface area contributed by atoms with Crippen molar-refractivity contribution < 1.29 is 13.9 Å². The Labute approximate surface area is 198 Å². The Kier molecular flexibility index (Phi) is 6.08. The summed E-state index contributed by atoms with van der Waals surface area (Å²) in [6.07, 6.45) is 0. The molecule has 0 aliphatic carbocycles. The molecule has 2 aromatic carbocycles. The highest BCUT2D eigenvalue weighted by atomic mass is 32.1. The van der Waals surface area contributed by atoms with Gasteiger partial charge < -0.3 is 9.64 Å². The van der Waals surface area contributed by atoms with E-state index in [-0.39, 0.29) is 17.3 Å². The monoisotopic (exact) mass is 479 g/mol. The number of hydrogen-bond acceptors (Lipinski definition) is 7. The Morgan fingerprint density at radius 1 is 1.06 bits per heavy atom. The van der Waals surface area contributed by atoms with Crippen LogP contribution in [0.15, 0.2) is 59.4 Å². The highest BCUT2D eigenvalue weighted by Gasteiger charge is 2.23. The van der Waals surface area contributed by atoms with E-state index in [1.165, 1.54) is 46.2 Å². The highest BCUT2D eigenvalue weighted by Crippen LogP contribution is 2.26. The van der Waals surface area contributed by atoms with Crippen LogP contribution in [0.4, 0.5) is 4.39 Å². The number of rotatable bonds is 5. The Bertz CT molecular complexity index is 1380. The number of carbonyl (C=O) groups excluding carboxylic acids is 1. The van der Waals surface area contributed by atoms with E-state index < -0.39 is 0 Å². The fourth-order valence-electron chi connectivity index (χ4n) is 3.90. The lowest BCUT2D eigenvalue weighted by atomic mass is 10.1. The van der Waals surface area contributed by atoms with E-state index in [4.69, 9.17) is 4.74 Å². The largest absolute Gasteiger partial charge is 0.497 e. The normalized spacial score (nSPS) is 14.5. The number of benzene rings is 2. The molecule has 0 spiro atoms. The predicted octanol–water partition coefficient (Wildman–Crippen LogP) is 2.92. The lowest BCUT2D eigenvalue weighted by molar-refractivity contribution is 0.0627. The zero-order valence-electron chi connectivity index (χ0n) is 18.5. The first-order valence-corrected chi connectivity index (χ1v) is 11.6. The Morgan fingerprint density at radius 3 is 2.44 bits per heavy atom. The average Bonchev–Trinajstić information content (AvgIpc) is 3.29. The summed E-state index contributed by atoms with van der Waals surface area (Å²) >= 11 is 1.36. The molecule has 10 heteroatoms. The number of aromatic nitrogens is 3. The van der Waals surface area contributed by atoms with Gasteiger partial charge >= 0.3 is 0 Å². The third kappa shape index (κ3) is 4.55. The molecule has 34 heavy (non-hydrogen) atoms. The minimum Gasteiger partial charge on any atom is -0.497 e. The fourth-order valence-corrected chi connectivity index (χ4v) is 4.83. The van der Waals surface area contributed by atoms with E-state index >= 15 is 0 Å². The van der Waals surface area contributed by atoms with Crippen LogP contribution in [-0.2, 0) is 6.54 Å². The number of ether oxygens (including phenoxy) is 1. The molecule has 0 radical (unpaired) electrons. The molecule has 4 aromatic rings. The quantitative estimate of drug-likeness (QED) is 0.438. The van der Waals surface area contributed by atoms with Crippen LogP contribution in [0, 0.1) is 5.82 Å². The number of piperazine rings is 1.